The summed E-state index contributed by atoms with van der Waals surface area (Å²) >= 11 is 1.23. The van der Waals surface area contributed by atoms with E-state index in [4.69, 9.17) is 23.7 Å². The van der Waals surface area contributed by atoms with Crippen LogP contribution in [0.25, 0.3) is 6.08 Å². The molecule has 0 fully saturated rings. The molecule has 0 N–H and O–H groups in total. The van der Waals surface area contributed by atoms with Gasteiger partial charge in [-0.1, -0.05) is 11.3 Å². The maximum atomic E-state index is 13.9. The third kappa shape index (κ3) is 4.84. The molecule has 0 spiro atoms. The molecule has 0 saturated carbocycles. The van der Waals surface area contributed by atoms with Crippen molar-refractivity contribution in [2.24, 2.45) is 4.99 Å². The number of carbonyl (C=O) groups excluding carboxylic acids is 1. The third-order valence-corrected chi connectivity index (χ3v) is 6.96. The average molecular weight is 525 g/mol. The predicted molar refractivity (Wildman–Crippen MR) is 139 cm³/mol. The standard InChI is InChI=1S/C27H28N2O7S/c1-7-36-26(31)23-15(2)28-27-29(24(23)19-11-10-18(33-4)14-21(19)35-6)25(30)22(37-27)12-16-8-9-17(32-3)13-20(16)34-5/h8-14,24H,7H2,1-6H3. The first kappa shape index (κ1) is 26.0. The third-order valence-electron chi connectivity index (χ3n) is 5.98. The van der Waals surface area contributed by atoms with Gasteiger partial charge in [-0.3, -0.25) is 9.36 Å². The van der Waals surface area contributed by atoms with Gasteiger partial charge in [-0.25, -0.2) is 9.79 Å². The first-order chi connectivity index (χ1) is 17.9. The molecule has 1 aromatic heterocycles. The van der Waals surface area contributed by atoms with E-state index in [1.165, 1.54) is 23.0 Å². The smallest absolute Gasteiger partial charge is 0.338 e. The van der Waals surface area contributed by atoms with Gasteiger partial charge in [0.15, 0.2) is 4.80 Å². The highest BCUT2D eigenvalue weighted by Gasteiger charge is 2.35. The van der Waals surface area contributed by atoms with Gasteiger partial charge in [0.25, 0.3) is 5.56 Å². The summed E-state index contributed by atoms with van der Waals surface area (Å²) in [5, 5.41) is 0. The molecule has 2 heterocycles. The van der Waals surface area contributed by atoms with E-state index in [1.54, 1.807) is 71.6 Å². The van der Waals surface area contributed by atoms with Crippen LogP contribution in [0.2, 0.25) is 0 Å². The molecule has 0 bridgehead atoms. The molecule has 9 nitrogen and oxygen atoms in total. The van der Waals surface area contributed by atoms with Crippen LogP contribution in [0.3, 0.4) is 0 Å². The molecule has 1 aliphatic rings. The molecular weight excluding hydrogens is 496 g/mol. The summed E-state index contributed by atoms with van der Waals surface area (Å²) in [6, 6.07) is 9.80. The fourth-order valence-corrected chi connectivity index (χ4v) is 5.25. The molecule has 2 aromatic carbocycles. The number of methoxy groups -OCH3 is 4. The number of hydrogen-bond acceptors (Lipinski definition) is 9. The highest BCUT2D eigenvalue weighted by Crippen LogP contribution is 2.37. The van der Waals surface area contributed by atoms with E-state index in [-0.39, 0.29) is 17.7 Å². The van der Waals surface area contributed by atoms with Crippen molar-refractivity contribution in [2.45, 2.75) is 19.9 Å². The van der Waals surface area contributed by atoms with E-state index in [9.17, 15) is 9.59 Å². The second-order valence-electron chi connectivity index (χ2n) is 8.02. The molecule has 0 saturated heterocycles. The molecule has 1 aliphatic heterocycles. The molecule has 1 unspecified atom stereocenters. The van der Waals surface area contributed by atoms with Crippen LogP contribution in [-0.2, 0) is 9.53 Å². The summed E-state index contributed by atoms with van der Waals surface area (Å²) in [6.07, 6.45) is 1.74. The Hall–Kier alpha value is -4.05. The summed E-state index contributed by atoms with van der Waals surface area (Å²) in [6.45, 7) is 3.65. The van der Waals surface area contributed by atoms with Crippen LogP contribution < -0.4 is 33.8 Å². The number of aromatic nitrogens is 1. The fraction of sp³-hybridized carbons (Fsp3) is 0.296. The van der Waals surface area contributed by atoms with Crippen LogP contribution in [0.4, 0.5) is 0 Å². The number of ether oxygens (including phenoxy) is 5. The number of allylic oxidation sites excluding steroid dienone is 1. The first-order valence-corrected chi connectivity index (χ1v) is 12.3. The molecule has 0 amide bonds. The van der Waals surface area contributed by atoms with Gasteiger partial charge in [-0.15, -0.1) is 0 Å². The van der Waals surface area contributed by atoms with Gasteiger partial charge in [0.05, 0.1) is 50.8 Å². The van der Waals surface area contributed by atoms with E-state index in [0.29, 0.717) is 49.2 Å². The molecule has 1 atom stereocenters. The Kier molecular flexibility index (Phi) is 7.68. The number of thiazole rings is 1. The van der Waals surface area contributed by atoms with Gasteiger partial charge >= 0.3 is 5.97 Å². The monoisotopic (exact) mass is 524 g/mol. The van der Waals surface area contributed by atoms with Crippen LogP contribution in [0.5, 0.6) is 23.0 Å². The minimum atomic E-state index is -0.809. The first-order valence-electron chi connectivity index (χ1n) is 11.5. The van der Waals surface area contributed by atoms with Gasteiger partial charge in [0, 0.05) is 23.3 Å². The second kappa shape index (κ2) is 10.9. The van der Waals surface area contributed by atoms with Crippen molar-refractivity contribution in [2.75, 3.05) is 35.0 Å². The van der Waals surface area contributed by atoms with E-state index in [1.807, 2.05) is 6.07 Å². The number of fused-ring (bicyclic) bond motifs is 1. The van der Waals surface area contributed by atoms with Crippen LogP contribution in [0, 0.1) is 0 Å². The Balaban J connectivity index is 1.99. The van der Waals surface area contributed by atoms with Crippen molar-refractivity contribution in [3.8, 4) is 23.0 Å². The highest BCUT2D eigenvalue weighted by molar-refractivity contribution is 7.07. The van der Waals surface area contributed by atoms with Crippen LogP contribution in [-0.4, -0.2) is 45.6 Å². The lowest BCUT2D eigenvalue weighted by Gasteiger charge is -2.26. The lowest BCUT2D eigenvalue weighted by atomic mass is 9.95. The normalized spacial score (nSPS) is 15.1. The van der Waals surface area contributed by atoms with Crippen LogP contribution >= 0.6 is 11.3 Å². The fourth-order valence-electron chi connectivity index (χ4n) is 4.21. The van der Waals surface area contributed by atoms with Gasteiger partial charge < -0.3 is 23.7 Å². The number of nitrogens with zero attached hydrogens (tertiary/aromatic N) is 2. The minimum absolute atomic E-state index is 0.184. The summed E-state index contributed by atoms with van der Waals surface area (Å²) in [7, 11) is 6.21. The van der Waals surface area contributed by atoms with Crippen molar-refractivity contribution in [1.82, 2.24) is 4.57 Å². The van der Waals surface area contributed by atoms with E-state index >= 15 is 0 Å². The number of esters is 1. The Labute approximate surface area is 217 Å². The maximum absolute atomic E-state index is 13.9. The van der Waals surface area contributed by atoms with Gasteiger partial charge in [-0.05, 0) is 44.2 Å². The van der Waals surface area contributed by atoms with Crippen molar-refractivity contribution >= 4 is 23.4 Å². The van der Waals surface area contributed by atoms with Gasteiger partial charge in [0.2, 0.25) is 0 Å². The van der Waals surface area contributed by atoms with Crippen molar-refractivity contribution in [3.63, 3.8) is 0 Å². The maximum Gasteiger partial charge on any atom is 0.338 e. The number of rotatable bonds is 8. The highest BCUT2D eigenvalue weighted by atomic mass is 32.1. The van der Waals surface area contributed by atoms with E-state index < -0.39 is 12.0 Å². The average Bonchev–Trinajstić information content (AvgIpc) is 3.21. The van der Waals surface area contributed by atoms with Gasteiger partial charge in [0.1, 0.15) is 29.0 Å². The molecule has 10 heteroatoms. The zero-order valence-electron chi connectivity index (χ0n) is 21.5. The quantitative estimate of drug-likeness (QED) is 0.418. The molecule has 0 aliphatic carbocycles. The Morgan fingerprint density at radius 3 is 2.27 bits per heavy atom. The second-order valence-corrected chi connectivity index (χ2v) is 9.03. The Bertz CT molecular complexity index is 1550. The van der Waals surface area contributed by atoms with Crippen LogP contribution in [0.15, 0.2) is 57.5 Å². The topological polar surface area (TPSA) is 97.6 Å². The summed E-state index contributed by atoms with van der Waals surface area (Å²) in [5.74, 6) is 1.70. The van der Waals surface area contributed by atoms with E-state index in [0.717, 1.165) is 0 Å². The molecule has 0 radical (unpaired) electrons. The lowest BCUT2D eigenvalue weighted by molar-refractivity contribution is -0.139. The largest absolute Gasteiger partial charge is 0.497 e. The SMILES string of the molecule is CCOC(=O)C1=C(C)N=c2sc(=Cc3ccc(OC)cc3OC)c(=O)n2C1c1ccc(OC)cc1OC. The van der Waals surface area contributed by atoms with Crippen LogP contribution in [0.1, 0.15) is 31.0 Å². The summed E-state index contributed by atoms with van der Waals surface area (Å²) in [4.78, 5) is 32.0. The number of hydrogen-bond donors (Lipinski definition) is 0. The molecule has 194 valence electrons. The molecular formula is C27H28N2O7S. The lowest BCUT2D eigenvalue weighted by Crippen LogP contribution is -2.40. The number of benzene rings is 2. The van der Waals surface area contributed by atoms with Gasteiger partial charge in [-0.2, -0.15) is 0 Å². The molecule has 37 heavy (non-hydrogen) atoms. The van der Waals surface area contributed by atoms with Crippen molar-refractivity contribution in [3.05, 3.63) is 78.5 Å². The molecule has 4 rings (SSSR count). The Morgan fingerprint density at radius 1 is 1.00 bits per heavy atom. The Morgan fingerprint density at radius 2 is 1.65 bits per heavy atom. The molecule has 3 aromatic rings. The predicted octanol–water partition coefficient (Wildman–Crippen LogP) is 2.83. The summed E-state index contributed by atoms with van der Waals surface area (Å²) < 4.78 is 29.1. The van der Waals surface area contributed by atoms with Crippen molar-refractivity contribution in [1.29, 1.82) is 0 Å². The number of carbonyl (C=O) groups is 1. The summed E-state index contributed by atoms with van der Waals surface area (Å²) in [5.41, 5.74) is 1.74. The van der Waals surface area contributed by atoms with E-state index in [2.05, 4.69) is 4.99 Å². The minimum Gasteiger partial charge on any atom is -0.497 e. The zero-order valence-corrected chi connectivity index (χ0v) is 22.3. The van der Waals surface area contributed by atoms with Crippen molar-refractivity contribution < 1.29 is 28.5 Å². The zero-order chi connectivity index (χ0) is 26.7.